The van der Waals surface area contributed by atoms with Gasteiger partial charge in [-0.15, -0.1) is 0 Å². The number of oxime groups is 1. The predicted molar refractivity (Wildman–Crippen MR) is 67.1 cm³/mol. The number of amidine groups is 1. The van der Waals surface area contributed by atoms with Crippen molar-refractivity contribution in [1.29, 1.82) is 0 Å². The van der Waals surface area contributed by atoms with Gasteiger partial charge in [-0.3, -0.25) is 0 Å². The number of aryl methyl sites for hydroxylation is 1. The molecule has 0 fully saturated rings. The van der Waals surface area contributed by atoms with Crippen molar-refractivity contribution in [2.45, 2.75) is 19.8 Å². The molecule has 0 unspecified atom stereocenters. The van der Waals surface area contributed by atoms with Gasteiger partial charge in [0.25, 0.3) is 0 Å². The van der Waals surface area contributed by atoms with E-state index >= 15 is 0 Å². The molecule has 0 amide bonds. The molecule has 0 atom stereocenters. The maximum atomic E-state index is 8.41. The number of hydrogen-bond acceptors (Lipinski definition) is 3. The van der Waals surface area contributed by atoms with Crippen molar-refractivity contribution in [2.75, 3.05) is 18.5 Å². The molecule has 1 rings (SSSR count). The van der Waals surface area contributed by atoms with E-state index in [4.69, 9.17) is 10.9 Å². The summed E-state index contributed by atoms with van der Waals surface area (Å²) in [7, 11) is 2.05. The van der Waals surface area contributed by atoms with Gasteiger partial charge in [-0.2, -0.15) is 0 Å². The molecule has 0 saturated carbocycles. The summed E-state index contributed by atoms with van der Waals surface area (Å²) in [6.07, 6.45) is 1.49. The van der Waals surface area contributed by atoms with Crippen LogP contribution < -0.4 is 10.6 Å². The standard InChI is InChI=1S/C12H19N3O/c1-10-6-3-4-7-11(10)15(2)9-5-8-12(13)14-16/h3-4,6-7,16H,5,8-9H2,1-2H3,(H2,13,14). The van der Waals surface area contributed by atoms with Crippen LogP contribution in [0.25, 0.3) is 0 Å². The number of hydrogen-bond donors (Lipinski definition) is 2. The average molecular weight is 221 g/mol. The topological polar surface area (TPSA) is 61.8 Å². The second-order valence-corrected chi connectivity index (χ2v) is 3.90. The van der Waals surface area contributed by atoms with Crippen LogP contribution in [0.1, 0.15) is 18.4 Å². The molecule has 0 spiro atoms. The van der Waals surface area contributed by atoms with Gasteiger partial charge in [-0.25, -0.2) is 0 Å². The third kappa shape index (κ3) is 3.46. The Morgan fingerprint density at radius 1 is 1.44 bits per heavy atom. The number of para-hydroxylation sites is 1. The molecule has 0 aliphatic heterocycles. The molecule has 0 aliphatic carbocycles. The fourth-order valence-corrected chi connectivity index (χ4v) is 1.66. The summed E-state index contributed by atoms with van der Waals surface area (Å²) in [5.74, 6) is 0.290. The van der Waals surface area contributed by atoms with E-state index in [0.29, 0.717) is 6.42 Å². The highest BCUT2D eigenvalue weighted by atomic mass is 16.4. The molecule has 0 bridgehead atoms. The highest BCUT2D eigenvalue weighted by Gasteiger charge is 2.03. The van der Waals surface area contributed by atoms with Gasteiger partial charge in [0.1, 0.15) is 5.84 Å². The molecule has 3 N–H and O–H groups in total. The van der Waals surface area contributed by atoms with Crippen molar-refractivity contribution in [3.63, 3.8) is 0 Å². The molecule has 0 radical (unpaired) electrons. The summed E-state index contributed by atoms with van der Waals surface area (Å²) in [5, 5.41) is 11.4. The van der Waals surface area contributed by atoms with Crippen molar-refractivity contribution < 1.29 is 5.21 Å². The lowest BCUT2D eigenvalue weighted by Gasteiger charge is -2.21. The molecule has 4 nitrogen and oxygen atoms in total. The Kier molecular flexibility index (Phi) is 4.64. The monoisotopic (exact) mass is 221 g/mol. The molecule has 0 aromatic heterocycles. The Bertz CT molecular complexity index is 363. The molecule has 0 heterocycles. The van der Waals surface area contributed by atoms with Crippen LogP contribution in [0, 0.1) is 6.92 Å². The minimum absolute atomic E-state index is 0.290. The number of nitrogens with two attached hydrogens (primary N) is 1. The summed E-state index contributed by atoms with van der Waals surface area (Å²) in [4.78, 5) is 2.18. The zero-order valence-corrected chi connectivity index (χ0v) is 9.85. The quantitative estimate of drug-likeness (QED) is 0.346. The first-order chi connectivity index (χ1) is 7.65. The van der Waals surface area contributed by atoms with Gasteiger partial charge in [0.15, 0.2) is 0 Å². The number of nitrogens with zero attached hydrogens (tertiary/aromatic N) is 2. The Balaban J connectivity index is 2.47. The largest absolute Gasteiger partial charge is 0.409 e. The fourth-order valence-electron chi connectivity index (χ4n) is 1.66. The lowest BCUT2D eigenvalue weighted by atomic mass is 10.2. The maximum absolute atomic E-state index is 8.41. The van der Waals surface area contributed by atoms with Crippen LogP contribution in [0.3, 0.4) is 0 Å². The Morgan fingerprint density at radius 2 is 2.12 bits per heavy atom. The number of anilines is 1. The van der Waals surface area contributed by atoms with E-state index < -0.39 is 0 Å². The number of benzene rings is 1. The molecule has 1 aromatic carbocycles. The Labute approximate surface area is 96.4 Å². The van der Waals surface area contributed by atoms with Crippen molar-refractivity contribution in [3.8, 4) is 0 Å². The second kappa shape index (κ2) is 6.00. The van der Waals surface area contributed by atoms with Gasteiger partial charge in [-0.05, 0) is 25.0 Å². The van der Waals surface area contributed by atoms with E-state index in [1.165, 1.54) is 11.3 Å². The van der Waals surface area contributed by atoms with Crippen LogP contribution in [0.4, 0.5) is 5.69 Å². The van der Waals surface area contributed by atoms with Crippen LogP contribution in [-0.2, 0) is 0 Å². The highest BCUT2D eigenvalue weighted by molar-refractivity contribution is 5.79. The van der Waals surface area contributed by atoms with E-state index in [9.17, 15) is 0 Å². The molecular weight excluding hydrogens is 202 g/mol. The molecular formula is C12H19N3O. The minimum Gasteiger partial charge on any atom is -0.409 e. The third-order valence-electron chi connectivity index (χ3n) is 2.58. The van der Waals surface area contributed by atoms with E-state index in [0.717, 1.165) is 13.0 Å². The smallest absolute Gasteiger partial charge is 0.139 e. The van der Waals surface area contributed by atoms with Crippen LogP contribution in [0.15, 0.2) is 29.4 Å². The van der Waals surface area contributed by atoms with Gasteiger partial charge < -0.3 is 15.8 Å². The zero-order chi connectivity index (χ0) is 12.0. The molecule has 0 aliphatic rings. The fraction of sp³-hybridized carbons (Fsp3) is 0.417. The first-order valence-corrected chi connectivity index (χ1v) is 5.38. The minimum atomic E-state index is 0.290. The maximum Gasteiger partial charge on any atom is 0.139 e. The molecule has 4 heteroatoms. The second-order valence-electron chi connectivity index (χ2n) is 3.90. The van der Waals surface area contributed by atoms with Gasteiger partial charge in [0.05, 0.1) is 0 Å². The third-order valence-corrected chi connectivity index (χ3v) is 2.58. The summed E-state index contributed by atoms with van der Waals surface area (Å²) in [6.45, 7) is 2.98. The summed E-state index contributed by atoms with van der Waals surface area (Å²) >= 11 is 0. The summed E-state index contributed by atoms with van der Waals surface area (Å²) in [5.41, 5.74) is 7.89. The van der Waals surface area contributed by atoms with Crippen LogP contribution in [0.2, 0.25) is 0 Å². The first-order valence-electron chi connectivity index (χ1n) is 5.38. The normalized spacial score (nSPS) is 11.5. The van der Waals surface area contributed by atoms with Gasteiger partial charge in [0, 0.05) is 25.7 Å². The highest BCUT2D eigenvalue weighted by Crippen LogP contribution is 2.17. The molecule has 1 aromatic rings. The Morgan fingerprint density at radius 3 is 2.75 bits per heavy atom. The summed E-state index contributed by atoms with van der Waals surface area (Å²) < 4.78 is 0. The van der Waals surface area contributed by atoms with Crippen LogP contribution >= 0.6 is 0 Å². The average Bonchev–Trinajstić information content (AvgIpc) is 2.29. The van der Waals surface area contributed by atoms with Crippen molar-refractivity contribution in [2.24, 2.45) is 10.9 Å². The lowest BCUT2D eigenvalue weighted by Crippen LogP contribution is -2.21. The molecule has 88 valence electrons. The van der Waals surface area contributed by atoms with E-state index in [1.807, 2.05) is 12.1 Å². The summed E-state index contributed by atoms with van der Waals surface area (Å²) in [6, 6.07) is 8.25. The first kappa shape index (κ1) is 12.4. The van der Waals surface area contributed by atoms with Crippen molar-refractivity contribution in [3.05, 3.63) is 29.8 Å². The zero-order valence-electron chi connectivity index (χ0n) is 9.85. The molecule has 16 heavy (non-hydrogen) atoms. The molecule has 0 saturated heterocycles. The van der Waals surface area contributed by atoms with E-state index in [2.05, 4.69) is 36.2 Å². The van der Waals surface area contributed by atoms with Gasteiger partial charge in [0.2, 0.25) is 0 Å². The van der Waals surface area contributed by atoms with Crippen LogP contribution in [-0.4, -0.2) is 24.6 Å². The van der Waals surface area contributed by atoms with Crippen molar-refractivity contribution >= 4 is 11.5 Å². The Hall–Kier alpha value is -1.71. The van der Waals surface area contributed by atoms with Gasteiger partial charge >= 0.3 is 0 Å². The number of rotatable bonds is 5. The van der Waals surface area contributed by atoms with Crippen LogP contribution in [0.5, 0.6) is 0 Å². The predicted octanol–water partition coefficient (Wildman–Crippen LogP) is 1.96. The lowest BCUT2D eigenvalue weighted by molar-refractivity contribution is 0.316. The van der Waals surface area contributed by atoms with Gasteiger partial charge in [-0.1, -0.05) is 23.4 Å². The van der Waals surface area contributed by atoms with E-state index in [1.54, 1.807) is 0 Å². The van der Waals surface area contributed by atoms with Crippen molar-refractivity contribution in [1.82, 2.24) is 0 Å². The van der Waals surface area contributed by atoms with E-state index in [-0.39, 0.29) is 5.84 Å². The SMILES string of the molecule is Cc1ccccc1N(C)CCCC(N)=NO.